The van der Waals surface area contributed by atoms with Gasteiger partial charge in [0, 0.05) is 27.9 Å². The van der Waals surface area contributed by atoms with E-state index < -0.39 is 21.8 Å². The number of hydrogen-bond acceptors (Lipinski definition) is 5. The molecule has 4 rings (SSSR count). The second kappa shape index (κ2) is 7.92. The third kappa shape index (κ3) is 4.38. The van der Waals surface area contributed by atoms with E-state index in [0.29, 0.717) is 11.4 Å². The van der Waals surface area contributed by atoms with Crippen LogP contribution in [0.4, 0.5) is 11.4 Å². The van der Waals surface area contributed by atoms with Crippen LogP contribution in [0, 0.1) is 0 Å². The molecule has 0 aliphatic carbocycles. The van der Waals surface area contributed by atoms with E-state index in [1.165, 1.54) is 36.4 Å². The molecule has 0 unspecified atom stereocenters. The Morgan fingerprint density at radius 3 is 2.48 bits per heavy atom. The fourth-order valence-corrected chi connectivity index (χ4v) is 4.07. The quantitative estimate of drug-likeness (QED) is 0.368. The van der Waals surface area contributed by atoms with Gasteiger partial charge in [0.1, 0.15) is 0 Å². The Morgan fingerprint density at radius 1 is 0.903 bits per heavy atom. The summed E-state index contributed by atoms with van der Waals surface area (Å²) in [6.07, 6.45) is 1.59. The first-order chi connectivity index (χ1) is 14.8. The monoisotopic (exact) mass is 435 g/mol. The number of H-pyrrole nitrogens is 1. The smallest absolute Gasteiger partial charge is 0.261 e. The Hall–Kier alpha value is -4.18. The van der Waals surface area contributed by atoms with E-state index in [9.17, 15) is 18.0 Å². The lowest BCUT2D eigenvalue weighted by Gasteiger charge is -2.10. The van der Waals surface area contributed by atoms with E-state index >= 15 is 0 Å². The van der Waals surface area contributed by atoms with Crippen molar-refractivity contribution in [3.05, 3.63) is 84.1 Å². The Balaban J connectivity index is 1.55. The molecule has 0 aliphatic rings. The molecule has 4 aromatic rings. The second-order valence-corrected chi connectivity index (χ2v) is 8.39. The molecule has 31 heavy (non-hydrogen) atoms. The van der Waals surface area contributed by atoms with Crippen molar-refractivity contribution < 1.29 is 18.0 Å². The molecular weight excluding hydrogens is 418 g/mol. The number of primary amides is 1. The summed E-state index contributed by atoms with van der Waals surface area (Å²) < 4.78 is 28.1. The van der Waals surface area contributed by atoms with Crippen molar-refractivity contribution in [1.29, 1.82) is 0 Å². The number of carbonyl (C=O) groups is 2. The van der Waals surface area contributed by atoms with Gasteiger partial charge in [-0.3, -0.25) is 19.4 Å². The second-order valence-electron chi connectivity index (χ2n) is 6.70. The van der Waals surface area contributed by atoms with Gasteiger partial charge in [-0.05, 0) is 54.6 Å². The molecule has 0 aliphatic heterocycles. The number of hydrogen-bond donors (Lipinski definition) is 4. The van der Waals surface area contributed by atoms with E-state index in [4.69, 9.17) is 5.73 Å². The minimum atomic E-state index is -3.93. The van der Waals surface area contributed by atoms with E-state index in [0.717, 1.165) is 10.9 Å². The third-order valence-corrected chi connectivity index (χ3v) is 5.88. The molecule has 0 saturated carbocycles. The molecule has 156 valence electrons. The number of nitrogens with two attached hydrogens (primary N) is 1. The maximum Gasteiger partial charge on any atom is 0.261 e. The van der Waals surface area contributed by atoms with Crippen LogP contribution in [0.3, 0.4) is 0 Å². The van der Waals surface area contributed by atoms with Crippen LogP contribution in [-0.2, 0) is 10.0 Å². The number of aromatic amines is 1. The number of nitrogens with one attached hydrogen (secondary N) is 3. The van der Waals surface area contributed by atoms with E-state index in [-0.39, 0.29) is 16.0 Å². The van der Waals surface area contributed by atoms with Gasteiger partial charge in [-0.1, -0.05) is 12.1 Å². The Kier molecular flexibility index (Phi) is 5.14. The van der Waals surface area contributed by atoms with E-state index in [1.807, 2.05) is 0 Å². The van der Waals surface area contributed by atoms with Crippen LogP contribution < -0.4 is 15.8 Å². The maximum absolute atomic E-state index is 12.8. The van der Waals surface area contributed by atoms with Gasteiger partial charge in [0.2, 0.25) is 5.91 Å². The molecule has 0 bridgehead atoms. The summed E-state index contributed by atoms with van der Waals surface area (Å²) in [5.41, 5.74) is 7.14. The molecule has 0 spiro atoms. The van der Waals surface area contributed by atoms with Gasteiger partial charge in [-0.2, -0.15) is 5.10 Å². The van der Waals surface area contributed by atoms with Crippen molar-refractivity contribution >= 4 is 44.1 Å². The molecule has 2 amide bonds. The molecule has 10 heteroatoms. The van der Waals surface area contributed by atoms with Crippen LogP contribution in [0.2, 0.25) is 0 Å². The average molecular weight is 435 g/mol. The zero-order chi connectivity index (χ0) is 22.0. The number of nitrogens with zero attached hydrogens (tertiary/aromatic N) is 1. The maximum atomic E-state index is 12.8. The SMILES string of the molecule is NC(=O)c1cccc(NC(=O)c2cccc(S(=O)(=O)Nc3ccc4[nH]ncc4c3)c2)c1. The van der Waals surface area contributed by atoms with Crippen molar-refractivity contribution in [1.82, 2.24) is 10.2 Å². The molecule has 3 aromatic carbocycles. The molecule has 0 atom stereocenters. The van der Waals surface area contributed by atoms with Gasteiger partial charge in [0.15, 0.2) is 0 Å². The lowest BCUT2D eigenvalue weighted by atomic mass is 10.1. The van der Waals surface area contributed by atoms with Crippen molar-refractivity contribution in [3.8, 4) is 0 Å². The predicted octanol–water partition coefficient (Wildman–Crippen LogP) is 2.71. The molecule has 5 N–H and O–H groups in total. The van der Waals surface area contributed by atoms with Crippen LogP contribution in [-0.4, -0.2) is 30.4 Å². The summed E-state index contributed by atoms with van der Waals surface area (Å²) in [6, 6.07) is 16.7. The number of carbonyl (C=O) groups excluding carboxylic acids is 2. The van der Waals surface area contributed by atoms with Crippen LogP contribution >= 0.6 is 0 Å². The summed E-state index contributed by atoms with van der Waals surface area (Å²) in [6.45, 7) is 0. The minimum absolute atomic E-state index is 0.0710. The highest BCUT2D eigenvalue weighted by atomic mass is 32.2. The number of anilines is 2. The van der Waals surface area contributed by atoms with Crippen molar-refractivity contribution in [2.45, 2.75) is 4.90 Å². The van der Waals surface area contributed by atoms with Crippen molar-refractivity contribution in [3.63, 3.8) is 0 Å². The van der Waals surface area contributed by atoms with Gasteiger partial charge in [-0.25, -0.2) is 8.42 Å². The Morgan fingerprint density at radius 2 is 1.68 bits per heavy atom. The number of rotatable bonds is 6. The molecule has 0 saturated heterocycles. The zero-order valence-corrected chi connectivity index (χ0v) is 16.8. The summed E-state index contributed by atoms with van der Waals surface area (Å²) in [7, 11) is -3.93. The highest BCUT2D eigenvalue weighted by Gasteiger charge is 2.17. The van der Waals surface area contributed by atoms with Gasteiger partial charge < -0.3 is 11.1 Å². The molecule has 0 radical (unpaired) electrons. The first-order valence-electron chi connectivity index (χ1n) is 9.09. The lowest BCUT2D eigenvalue weighted by Crippen LogP contribution is -2.16. The summed E-state index contributed by atoms with van der Waals surface area (Å²) >= 11 is 0. The van der Waals surface area contributed by atoms with Crippen LogP contribution in [0.5, 0.6) is 0 Å². The number of amides is 2. The van der Waals surface area contributed by atoms with Crippen LogP contribution in [0.15, 0.2) is 77.8 Å². The number of fused-ring (bicyclic) bond motifs is 1. The largest absolute Gasteiger partial charge is 0.366 e. The van der Waals surface area contributed by atoms with Crippen LogP contribution in [0.1, 0.15) is 20.7 Å². The molecule has 0 fully saturated rings. The summed E-state index contributed by atoms with van der Waals surface area (Å²) in [5.74, 6) is -1.15. The Labute approximate surface area is 177 Å². The van der Waals surface area contributed by atoms with Crippen molar-refractivity contribution in [2.75, 3.05) is 10.0 Å². The third-order valence-electron chi connectivity index (χ3n) is 4.50. The molecular formula is C21H17N5O4S. The normalized spacial score (nSPS) is 11.2. The van der Waals surface area contributed by atoms with Gasteiger partial charge in [0.25, 0.3) is 15.9 Å². The fraction of sp³-hybridized carbons (Fsp3) is 0. The number of benzene rings is 3. The lowest BCUT2D eigenvalue weighted by molar-refractivity contribution is 0.0996. The first kappa shape index (κ1) is 20.1. The summed E-state index contributed by atoms with van der Waals surface area (Å²) in [4.78, 5) is 23.8. The van der Waals surface area contributed by atoms with Gasteiger partial charge >= 0.3 is 0 Å². The van der Waals surface area contributed by atoms with E-state index in [1.54, 1.807) is 36.5 Å². The topological polar surface area (TPSA) is 147 Å². The fourth-order valence-electron chi connectivity index (χ4n) is 2.98. The average Bonchev–Trinajstić information content (AvgIpc) is 3.21. The number of aromatic nitrogens is 2. The van der Waals surface area contributed by atoms with E-state index in [2.05, 4.69) is 20.2 Å². The number of sulfonamides is 1. The zero-order valence-electron chi connectivity index (χ0n) is 16.0. The minimum Gasteiger partial charge on any atom is -0.366 e. The standard InChI is InChI=1S/C21H17N5O4S/c22-20(27)13-3-1-5-16(9-13)24-21(28)14-4-2-6-18(11-14)31(29,30)26-17-7-8-19-15(10-17)12-23-25-19/h1-12,26H,(H2,22,27)(H,23,25)(H,24,28). The highest BCUT2D eigenvalue weighted by molar-refractivity contribution is 7.92. The van der Waals surface area contributed by atoms with Gasteiger partial charge in [0.05, 0.1) is 16.6 Å². The summed E-state index contributed by atoms with van der Waals surface area (Å²) in [5, 5.41) is 10.1. The Bertz CT molecular complexity index is 1410. The molecule has 1 aromatic heterocycles. The molecule has 9 nitrogen and oxygen atoms in total. The molecule has 1 heterocycles. The van der Waals surface area contributed by atoms with Crippen LogP contribution in [0.25, 0.3) is 10.9 Å². The first-order valence-corrected chi connectivity index (χ1v) is 10.6. The highest BCUT2D eigenvalue weighted by Crippen LogP contribution is 2.21. The predicted molar refractivity (Wildman–Crippen MR) is 116 cm³/mol. The van der Waals surface area contributed by atoms with Gasteiger partial charge in [-0.15, -0.1) is 0 Å². The van der Waals surface area contributed by atoms with Crippen molar-refractivity contribution in [2.24, 2.45) is 5.73 Å².